The Morgan fingerprint density at radius 1 is 1.27 bits per heavy atom. The van der Waals surface area contributed by atoms with Gasteiger partial charge in [-0.05, 0) is 25.7 Å². The molecule has 124 valence electrons. The van der Waals surface area contributed by atoms with Crippen LogP contribution in [0.15, 0.2) is 4.42 Å². The number of aromatic nitrogens is 2. The van der Waals surface area contributed by atoms with Crippen molar-refractivity contribution in [2.75, 3.05) is 13.1 Å². The third-order valence-electron chi connectivity index (χ3n) is 4.39. The van der Waals surface area contributed by atoms with Crippen molar-refractivity contribution in [3.05, 3.63) is 11.8 Å². The summed E-state index contributed by atoms with van der Waals surface area (Å²) in [5, 5.41) is 11.4. The third-order valence-corrected chi connectivity index (χ3v) is 4.39. The lowest BCUT2D eigenvalue weighted by molar-refractivity contribution is 0.172. The summed E-state index contributed by atoms with van der Waals surface area (Å²) in [6, 6.07) is 0.329. The zero-order chi connectivity index (χ0) is 16.1. The summed E-state index contributed by atoms with van der Waals surface area (Å²) >= 11 is 0. The predicted octanol–water partition coefficient (Wildman–Crippen LogP) is 3.27. The van der Waals surface area contributed by atoms with E-state index in [1.165, 1.54) is 0 Å². The molecule has 0 aromatic carbocycles. The van der Waals surface area contributed by atoms with E-state index in [1.54, 1.807) is 0 Å². The Kier molecular flexibility index (Phi) is 5.80. The lowest BCUT2D eigenvalue weighted by atomic mass is 9.97. The smallest absolute Gasteiger partial charge is 0.317 e. The number of carbonyl (C=O) groups is 1. The number of hydrogen-bond donors (Lipinski definition) is 1. The van der Waals surface area contributed by atoms with Crippen LogP contribution in [0.4, 0.5) is 4.79 Å². The normalized spacial score (nSPS) is 16.5. The molecule has 0 aliphatic carbocycles. The molecular weight excluding hydrogens is 280 g/mol. The van der Waals surface area contributed by atoms with E-state index in [0.29, 0.717) is 5.89 Å². The molecule has 6 nitrogen and oxygen atoms in total. The molecule has 0 spiro atoms. The van der Waals surface area contributed by atoms with Crippen LogP contribution >= 0.6 is 0 Å². The average Bonchev–Trinajstić information content (AvgIpc) is 3.02. The molecule has 1 N–H and O–H groups in total. The van der Waals surface area contributed by atoms with Crippen LogP contribution in [0.2, 0.25) is 0 Å². The second kappa shape index (κ2) is 7.61. The maximum absolute atomic E-state index is 12.2. The first kappa shape index (κ1) is 16.8. The molecule has 1 aromatic rings. The molecule has 1 aliphatic heterocycles. The van der Waals surface area contributed by atoms with Gasteiger partial charge in [-0.1, -0.05) is 27.7 Å². The molecule has 2 amide bonds. The number of rotatable bonds is 5. The van der Waals surface area contributed by atoms with E-state index in [4.69, 9.17) is 4.42 Å². The molecule has 1 aliphatic rings. The highest BCUT2D eigenvalue weighted by atomic mass is 16.4. The van der Waals surface area contributed by atoms with Gasteiger partial charge in [0.2, 0.25) is 11.8 Å². The first-order valence-corrected chi connectivity index (χ1v) is 8.43. The van der Waals surface area contributed by atoms with Gasteiger partial charge in [-0.15, -0.1) is 10.2 Å². The minimum atomic E-state index is 0.0561. The van der Waals surface area contributed by atoms with E-state index in [0.717, 1.165) is 44.7 Å². The van der Waals surface area contributed by atoms with E-state index < -0.39 is 0 Å². The number of piperidine rings is 1. The molecule has 22 heavy (non-hydrogen) atoms. The highest BCUT2D eigenvalue weighted by Crippen LogP contribution is 2.28. The fourth-order valence-electron chi connectivity index (χ4n) is 2.73. The second-order valence-electron chi connectivity index (χ2n) is 6.36. The summed E-state index contributed by atoms with van der Waals surface area (Å²) in [7, 11) is 0. The number of urea groups is 1. The molecule has 1 aromatic heterocycles. The third kappa shape index (κ3) is 3.99. The molecule has 2 heterocycles. The average molecular weight is 308 g/mol. The number of hydrogen-bond acceptors (Lipinski definition) is 4. The van der Waals surface area contributed by atoms with Gasteiger partial charge in [0.25, 0.3) is 0 Å². The zero-order valence-electron chi connectivity index (χ0n) is 14.1. The van der Waals surface area contributed by atoms with Gasteiger partial charge in [0.15, 0.2) is 0 Å². The van der Waals surface area contributed by atoms with Gasteiger partial charge in [0.1, 0.15) is 0 Å². The highest BCUT2D eigenvalue weighted by molar-refractivity contribution is 5.74. The number of carbonyl (C=O) groups excluding carboxylic acids is 1. The summed E-state index contributed by atoms with van der Waals surface area (Å²) < 4.78 is 5.74. The predicted molar refractivity (Wildman–Crippen MR) is 84.8 cm³/mol. The summed E-state index contributed by atoms with van der Waals surface area (Å²) in [5.41, 5.74) is 0. The molecule has 1 saturated heterocycles. The first-order chi connectivity index (χ1) is 10.5. The lowest BCUT2D eigenvalue weighted by Crippen LogP contribution is -2.47. The molecule has 0 bridgehead atoms. The molecule has 0 atom stereocenters. The molecule has 6 heteroatoms. The van der Waals surface area contributed by atoms with Crippen LogP contribution in [0.1, 0.15) is 77.0 Å². The minimum Gasteiger partial charge on any atom is -0.425 e. The van der Waals surface area contributed by atoms with E-state index in [9.17, 15) is 4.79 Å². The monoisotopic (exact) mass is 308 g/mol. The Morgan fingerprint density at radius 3 is 2.41 bits per heavy atom. The fourth-order valence-corrected chi connectivity index (χ4v) is 2.73. The maximum atomic E-state index is 12.2. The van der Waals surface area contributed by atoms with Crippen LogP contribution in [-0.2, 0) is 0 Å². The number of nitrogens with zero attached hydrogens (tertiary/aromatic N) is 3. The van der Waals surface area contributed by atoms with Crippen LogP contribution in [0.3, 0.4) is 0 Å². The van der Waals surface area contributed by atoms with Gasteiger partial charge in [-0.3, -0.25) is 0 Å². The van der Waals surface area contributed by atoms with Gasteiger partial charge in [-0.2, -0.15) is 0 Å². The molecule has 0 unspecified atom stereocenters. The van der Waals surface area contributed by atoms with E-state index in [1.807, 2.05) is 18.7 Å². The second-order valence-corrected chi connectivity index (χ2v) is 6.36. The molecular formula is C16H28N4O2. The largest absolute Gasteiger partial charge is 0.425 e. The van der Waals surface area contributed by atoms with Crippen LogP contribution < -0.4 is 5.32 Å². The van der Waals surface area contributed by atoms with Gasteiger partial charge in [0.05, 0.1) is 0 Å². The Labute approximate surface area is 132 Å². The van der Waals surface area contributed by atoms with E-state index in [-0.39, 0.29) is 23.9 Å². The van der Waals surface area contributed by atoms with Crippen molar-refractivity contribution in [3.8, 4) is 0 Å². The molecule has 2 rings (SSSR count). The number of nitrogens with one attached hydrogen (secondary N) is 1. The van der Waals surface area contributed by atoms with Crippen LogP contribution in [-0.4, -0.2) is 40.3 Å². The summed E-state index contributed by atoms with van der Waals surface area (Å²) in [4.78, 5) is 14.1. The fraction of sp³-hybridized carbons (Fsp3) is 0.812. The molecule has 1 fully saturated rings. The van der Waals surface area contributed by atoms with Crippen molar-refractivity contribution >= 4 is 6.03 Å². The van der Waals surface area contributed by atoms with Gasteiger partial charge >= 0.3 is 6.03 Å². The maximum Gasteiger partial charge on any atom is 0.317 e. The van der Waals surface area contributed by atoms with Crippen molar-refractivity contribution in [2.24, 2.45) is 0 Å². The minimum absolute atomic E-state index is 0.0561. The van der Waals surface area contributed by atoms with E-state index in [2.05, 4.69) is 29.4 Å². The standard InChI is InChI=1S/C16H28N4O2/c1-5-13(6-2)17-16(21)20-9-7-12(8-10-20)15-19-18-14(22-15)11(3)4/h11-13H,5-10H2,1-4H3,(H,17,21). The number of amides is 2. The lowest BCUT2D eigenvalue weighted by Gasteiger charge is -2.31. The van der Waals surface area contributed by atoms with E-state index >= 15 is 0 Å². The molecule has 0 radical (unpaired) electrons. The quantitative estimate of drug-likeness (QED) is 0.906. The Bertz CT molecular complexity index is 474. The summed E-state index contributed by atoms with van der Waals surface area (Å²) in [5.74, 6) is 1.96. The Balaban J connectivity index is 1.85. The van der Waals surface area contributed by atoms with Gasteiger partial charge < -0.3 is 14.6 Å². The van der Waals surface area contributed by atoms with Gasteiger partial charge in [0, 0.05) is 31.0 Å². The SMILES string of the molecule is CCC(CC)NC(=O)N1CCC(c2nnc(C(C)C)o2)CC1. The van der Waals surface area contributed by atoms with Crippen LogP contribution in [0.5, 0.6) is 0 Å². The van der Waals surface area contributed by atoms with Crippen molar-refractivity contribution in [2.45, 2.75) is 71.3 Å². The van der Waals surface area contributed by atoms with Gasteiger partial charge in [-0.25, -0.2) is 4.79 Å². The topological polar surface area (TPSA) is 71.3 Å². The van der Waals surface area contributed by atoms with Crippen molar-refractivity contribution < 1.29 is 9.21 Å². The Hall–Kier alpha value is -1.59. The van der Waals surface area contributed by atoms with Crippen molar-refractivity contribution in [1.29, 1.82) is 0 Å². The van der Waals surface area contributed by atoms with Crippen molar-refractivity contribution in [1.82, 2.24) is 20.4 Å². The summed E-state index contributed by atoms with van der Waals surface area (Å²) in [6.45, 7) is 9.78. The highest BCUT2D eigenvalue weighted by Gasteiger charge is 2.28. The first-order valence-electron chi connectivity index (χ1n) is 8.43. The van der Waals surface area contributed by atoms with Crippen LogP contribution in [0, 0.1) is 0 Å². The number of likely N-dealkylation sites (tertiary alicyclic amines) is 1. The van der Waals surface area contributed by atoms with Crippen LogP contribution in [0.25, 0.3) is 0 Å². The van der Waals surface area contributed by atoms with Crippen molar-refractivity contribution in [3.63, 3.8) is 0 Å². The Morgan fingerprint density at radius 2 is 1.91 bits per heavy atom. The summed E-state index contributed by atoms with van der Waals surface area (Å²) in [6.07, 6.45) is 3.71. The molecule has 0 saturated carbocycles. The zero-order valence-corrected chi connectivity index (χ0v) is 14.1.